The highest BCUT2D eigenvalue weighted by atomic mass is 16.5. The summed E-state index contributed by atoms with van der Waals surface area (Å²) in [5, 5.41) is 0. The van der Waals surface area contributed by atoms with Gasteiger partial charge in [-0.05, 0) is 37.5 Å². The molecule has 19 heavy (non-hydrogen) atoms. The van der Waals surface area contributed by atoms with Crippen LogP contribution in [0.1, 0.15) is 45.2 Å². The summed E-state index contributed by atoms with van der Waals surface area (Å²) in [4.78, 5) is 2.54. The molecule has 3 heteroatoms. The Morgan fingerprint density at radius 1 is 1.16 bits per heavy atom. The summed E-state index contributed by atoms with van der Waals surface area (Å²) < 4.78 is 5.25. The van der Waals surface area contributed by atoms with Crippen LogP contribution in [0.3, 0.4) is 0 Å². The van der Waals surface area contributed by atoms with Gasteiger partial charge in [0.05, 0.1) is 6.61 Å². The summed E-state index contributed by atoms with van der Waals surface area (Å²) in [6, 6.07) is 9.20. The minimum absolute atomic E-state index is 0.389. The number of nitrogens with zero attached hydrogens (tertiary/aromatic N) is 1. The molecule has 1 aromatic carbocycles. The van der Waals surface area contributed by atoms with Crippen LogP contribution in [0.4, 0.5) is 5.69 Å². The summed E-state index contributed by atoms with van der Waals surface area (Å²) in [5.41, 5.74) is 7.90. The fraction of sp³-hybridized carbons (Fsp3) is 0.625. The van der Waals surface area contributed by atoms with Crippen LogP contribution in [-0.2, 0) is 4.74 Å². The molecule has 0 aliphatic heterocycles. The summed E-state index contributed by atoms with van der Waals surface area (Å²) in [6.07, 6.45) is 2.33. The monoisotopic (exact) mass is 264 g/mol. The number of methoxy groups -OCH3 is 1. The van der Waals surface area contributed by atoms with Crippen LogP contribution in [0.5, 0.6) is 0 Å². The quantitative estimate of drug-likeness (QED) is 0.731. The van der Waals surface area contributed by atoms with Gasteiger partial charge in [-0.15, -0.1) is 0 Å². The molecule has 3 nitrogen and oxygen atoms in total. The third-order valence-electron chi connectivity index (χ3n) is 3.88. The van der Waals surface area contributed by atoms with Crippen LogP contribution in [0, 0.1) is 0 Å². The lowest BCUT2D eigenvalue weighted by Crippen LogP contribution is -2.39. The minimum Gasteiger partial charge on any atom is -0.399 e. The topological polar surface area (TPSA) is 38.5 Å². The van der Waals surface area contributed by atoms with Crippen LogP contribution in [-0.4, -0.2) is 31.2 Å². The van der Waals surface area contributed by atoms with Gasteiger partial charge in [-0.1, -0.05) is 26.0 Å². The van der Waals surface area contributed by atoms with Crippen LogP contribution in [0.2, 0.25) is 0 Å². The number of hydrogen-bond acceptors (Lipinski definition) is 3. The fourth-order valence-corrected chi connectivity index (χ4v) is 2.61. The maximum Gasteiger partial charge on any atom is 0.0590 e. The van der Waals surface area contributed by atoms with Crippen molar-refractivity contribution in [2.75, 3.05) is 26.0 Å². The zero-order valence-electron chi connectivity index (χ0n) is 12.7. The van der Waals surface area contributed by atoms with Crippen molar-refractivity contribution in [1.82, 2.24) is 4.90 Å². The van der Waals surface area contributed by atoms with E-state index in [1.54, 1.807) is 7.11 Å². The second-order valence-electron chi connectivity index (χ2n) is 5.04. The first kappa shape index (κ1) is 16.0. The van der Waals surface area contributed by atoms with E-state index < -0.39 is 0 Å². The van der Waals surface area contributed by atoms with E-state index in [2.05, 4.69) is 37.8 Å². The Morgan fingerprint density at radius 3 is 2.21 bits per heavy atom. The van der Waals surface area contributed by atoms with Gasteiger partial charge in [-0.25, -0.2) is 0 Å². The fourth-order valence-electron chi connectivity index (χ4n) is 2.61. The largest absolute Gasteiger partial charge is 0.399 e. The summed E-state index contributed by atoms with van der Waals surface area (Å²) in [7, 11) is 1.76. The Bertz CT molecular complexity index is 346. The lowest BCUT2D eigenvalue weighted by atomic mass is 10.0. The molecule has 0 aliphatic carbocycles. The Balaban J connectivity index is 2.85. The molecule has 0 aliphatic rings. The van der Waals surface area contributed by atoms with Crippen molar-refractivity contribution in [2.24, 2.45) is 0 Å². The van der Waals surface area contributed by atoms with E-state index in [1.807, 2.05) is 12.1 Å². The zero-order chi connectivity index (χ0) is 14.3. The standard InChI is InChI=1S/C16H28N2O/c1-5-16(6-2)18(11-12-19-4)13(3)14-7-9-15(17)10-8-14/h7-10,13,16H,5-6,11-12,17H2,1-4H3. The van der Waals surface area contributed by atoms with Gasteiger partial charge in [0, 0.05) is 31.4 Å². The number of anilines is 1. The van der Waals surface area contributed by atoms with Gasteiger partial charge in [-0.2, -0.15) is 0 Å². The van der Waals surface area contributed by atoms with E-state index in [1.165, 1.54) is 18.4 Å². The maximum atomic E-state index is 5.76. The van der Waals surface area contributed by atoms with E-state index in [0.717, 1.165) is 18.8 Å². The average Bonchev–Trinajstić information content (AvgIpc) is 2.43. The van der Waals surface area contributed by atoms with E-state index in [0.29, 0.717) is 12.1 Å². The van der Waals surface area contributed by atoms with Gasteiger partial charge in [0.25, 0.3) is 0 Å². The molecule has 0 spiro atoms. The smallest absolute Gasteiger partial charge is 0.0590 e. The maximum absolute atomic E-state index is 5.76. The number of hydrogen-bond donors (Lipinski definition) is 1. The Morgan fingerprint density at radius 2 is 1.74 bits per heavy atom. The normalized spacial score (nSPS) is 13.2. The molecule has 0 bridgehead atoms. The Hall–Kier alpha value is -1.06. The van der Waals surface area contributed by atoms with Crippen molar-refractivity contribution in [2.45, 2.75) is 45.7 Å². The molecule has 1 unspecified atom stereocenters. The number of rotatable bonds is 8. The lowest BCUT2D eigenvalue weighted by molar-refractivity contribution is 0.0854. The number of ether oxygens (including phenoxy) is 1. The molecule has 0 saturated carbocycles. The second kappa shape index (κ2) is 8.18. The average molecular weight is 264 g/mol. The Labute approximate surface area is 117 Å². The first-order valence-corrected chi connectivity index (χ1v) is 7.24. The van der Waals surface area contributed by atoms with E-state index in [9.17, 15) is 0 Å². The molecular weight excluding hydrogens is 236 g/mol. The van der Waals surface area contributed by atoms with Crippen LogP contribution >= 0.6 is 0 Å². The van der Waals surface area contributed by atoms with Crippen LogP contribution < -0.4 is 5.73 Å². The molecule has 0 amide bonds. The van der Waals surface area contributed by atoms with Gasteiger partial charge in [0.2, 0.25) is 0 Å². The highest BCUT2D eigenvalue weighted by Crippen LogP contribution is 2.25. The molecule has 2 N–H and O–H groups in total. The molecule has 0 heterocycles. The molecule has 0 saturated heterocycles. The van der Waals surface area contributed by atoms with Crippen molar-refractivity contribution in [3.8, 4) is 0 Å². The predicted octanol–water partition coefficient (Wildman–Crippen LogP) is 3.47. The molecule has 1 aromatic rings. The van der Waals surface area contributed by atoms with Gasteiger partial charge in [0.15, 0.2) is 0 Å². The third-order valence-corrected chi connectivity index (χ3v) is 3.88. The molecule has 108 valence electrons. The molecule has 1 rings (SSSR count). The van der Waals surface area contributed by atoms with Gasteiger partial charge in [-0.3, -0.25) is 4.90 Å². The molecule has 0 fully saturated rings. The van der Waals surface area contributed by atoms with E-state index in [-0.39, 0.29) is 0 Å². The van der Waals surface area contributed by atoms with Gasteiger partial charge in [0.1, 0.15) is 0 Å². The number of nitrogens with two attached hydrogens (primary N) is 1. The second-order valence-corrected chi connectivity index (χ2v) is 5.04. The minimum atomic E-state index is 0.389. The predicted molar refractivity (Wildman–Crippen MR) is 82.2 cm³/mol. The molecule has 0 aromatic heterocycles. The van der Waals surface area contributed by atoms with E-state index >= 15 is 0 Å². The summed E-state index contributed by atoms with van der Waals surface area (Å²) in [5.74, 6) is 0. The number of benzene rings is 1. The lowest BCUT2D eigenvalue weighted by Gasteiger charge is -2.36. The van der Waals surface area contributed by atoms with Crippen LogP contribution in [0.15, 0.2) is 24.3 Å². The molecular formula is C16H28N2O. The molecule has 0 radical (unpaired) electrons. The summed E-state index contributed by atoms with van der Waals surface area (Å²) >= 11 is 0. The Kier molecular flexibility index (Phi) is 6.89. The van der Waals surface area contributed by atoms with Crippen molar-refractivity contribution in [3.63, 3.8) is 0 Å². The SMILES string of the molecule is CCC(CC)N(CCOC)C(C)c1ccc(N)cc1. The zero-order valence-corrected chi connectivity index (χ0v) is 12.7. The van der Waals surface area contributed by atoms with Crippen molar-refractivity contribution < 1.29 is 4.74 Å². The van der Waals surface area contributed by atoms with Gasteiger partial charge < -0.3 is 10.5 Å². The summed E-state index contributed by atoms with van der Waals surface area (Å²) in [6.45, 7) is 8.51. The number of nitrogen functional groups attached to an aromatic ring is 1. The highest BCUT2D eigenvalue weighted by molar-refractivity contribution is 5.40. The van der Waals surface area contributed by atoms with Crippen molar-refractivity contribution in [3.05, 3.63) is 29.8 Å². The van der Waals surface area contributed by atoms with E-state index in [4.69, 9.17) is 10.5 Å². The van der Waals surface area contributed by atoms with Crippen LogP contribution in [0.25, 0.3) is 0 Å². The first-order chi connectivity index (χ1) is 9.13. The molecule has 1 atom stereocenters. The first-order valence-electron chi connectivity index (χ1n) is 7.24. The van der Waals surface area contributed by atoms with Crippen molar-refractivity contribution in [1.29, 1.82) is 0 Å². The highest BCUT2D eigenvalue weighted by Gasteiger charge is 2.21. The van der Waals surface area contributed by atoms with Crippen molar-refractivity contribution >= 4 is 5.69 Å². The third kappa shape index (κ3) is 4.51. The van der Waals surface area contributed by atoms with Gasteiger partial charge >= 0.3 is 0 Å².